The first kappa shape index (κ1) is 14.2. The van der Waals surface area contributed by atoms with Crippen LogP contribution in [-0.4, -0.2) is 38.1 Å². The maximum atomic E-state index is 12.3. The van der Waals surface area contributed by atoms with E-state index in [1.165, 1.54) is 18.4 Å². The van der Waals surface area contributed by atoms with Crippen LogP contribution in [0.15, 0.2) is 0 Å². The van der Waals surface area contributed by atoms with Crippen molar-refractivity contribution in [2.24, 2.45) is 0 Å². The number of thiophene rings is 1. The Morgan fingerprint density at radius 2 is 2.00 bits per heavy atom. The minimum atomic E-state index is -0.476. The zero-order chi connectivity index (χ0) is 15.0. The smallest absolute Gasteiger partial charge is 0.343 e. The number of hydrogen-bond acceptors (Lipinski definition) is 6. The maximum Gasteiger partial charge on any atom is 0.343 e. The van der Waals surface area contributed by atoms with Gasteiger partial charge < -0.3 is 20.7 Å². The van der Waals surface area contributed by atoms with E-state index in [1.54, 1.807) is 0 Å². The van der Waals surface area contributed by atoms with Crippen LogP contribution in [0.25, 0.3) is 0 Å². The van der Waals surface area contributed by atoms with E-state index >= 15 is 0 Å². The number of anilines is 2. The summed E-state index contributed by atoms with van der Waals surface area (Å²) in [7, 11) is 1.33. The van der Waals surface area contributed by atoms with Crippen molar-refractivity contribution < 1.29 is 14.3 Å². The highest BCUT2D eigenvalue weighted by Gasteiger charge is 2.32. The summed E-state index contributed by atoms with van der Waals surface area (Å²) in [6.07, 6.45) is 4.20. The van der Waals surface area contributed by atoms with Gasteiger partial charge in [0.05, 0.1) is 12.8 Å². The lowest BCUT2D eigenvalue weighted by Crippen LogP contribution is -2.25. The number of nitrogens with one attached hydrogen (secondary N) is 1. The van der Waals surface area contributed by atoms with Gasteiger partial charge >= 0.3 is 5.97 Å². The standard InChI is InChI=1S/C14H19N3O3S/c1-20-14(19)9-10(15)11(12(18)16-8-4-5-8)21-13(9)17-6-2-3-7-17/h8H,2-7,15H2,1H3,(H,16,18). The first-order valence-corrected chi connectivity index (χ1v) is 8.00. The molecule has 1 amide bonds. The zero-order valence-corrected chi connectivity index (χ0v) is 12.8. The highest BCUT2D eigenvalue weighted by atomic mass is 32.1. The third kappa shape index (κ3) is 2.70. The molecule has 1 aromatic heterocycles. The average molecular weight is 309 g/mol. The van der Waals surface area contributed by atoms with Crippen molar-refractivity contribution in [3.05, 3.63) is 10.4 Å². The van der Waals surface area contributed by atoms with Crippen molar-refractivity contribution in [2.75, 3.05) is 30.8 Å². The van der Waals surface area contributed by atoms with E-state index in [-0.39, 0.29) is 17.6 Å². The number of nitrogens with zero attached hydrogens (tertiary/aromatic N) is 1. The van der Waals surface area contributed by atoms with Gasteiger partial charge in [-0.05, 0) is 25.7 Å². The number of nitrogens with two attached hydrogens (primary N) is 1. The van der Waals surface area contributed by atoms with Gasteiger partial charge in [0.15, 0.2) is 0 Å². The van der Waals surface area contributed by atoms with Crippen LogP contribution in [0.2, 0.25) is 0 Å². The van der Waals surface area contributed by atoms with Crippen molar-refractivity contribution in [1.82, 2.24) is 5.32 Å². The molecule has 3 N–H and O–H groups in total. The fraction of sp³-hybridized carbons (Fsp3) is 0.571. The Morgan fingerprint density at radius 3 is 2.57 bits per heavy atom. The van der Waals surface area contributed by atoms with Crippen LogP contribution < -0.4 is 16.0 Å². The Balaban J connectivity index is 1.96. The minimum Gasteiger partial charge on any atom is -0.465 e. The summed E-state index contributed by atoms with van der Waals surface area (Å²) < 4.78 is 4.83. The highest BCUT2D eigenvalue weighted by molar-refractivity contribution is 7.19. The summed E-state index contributed by atoms with van der Waals surface area (Å²) in [5, 5.41) is 3.68. The van der Waals surface area contributed by atoms with Gasteiger partial charge in [-0.15, -0.1) is 11.3 Å². The summed E-state index contributed by atoms with van der Waals surface area (Å²) >= 11 is 1.29. The van der Waals surface area contributed by atoms with Crippen LogP contribution in [-0.2, 0) is 4.74 Å². The van der Waals surface area contributed by atoms with Crippen LogP contribution in [0.5, 0.6) is 0 Å². The second-order valence-electron chi connectivity index (χ2n) is 5.46. The Morgan fingerprint density at radius 1 is 1.33 bits per heavy atom. The summed E-state index contributed by atoms with van der Waals surface area (Å²) in [4.78, 5) is 26.8. The number of ether oxygens (including phenoxy) is 1. The number of hydrogen-bond donors (Lipinski definition) is 2. The third-order valence-electron chi connectivity index (χ3n) is 3.83. The molecule has 0 bridgehead atoms. The molecule has 0 aromatic carbocycles. The van der Waals surface area contributed by atoms with E-state index in [9.17, 15) is 9.59 Å². The summed E-state index contributed by atoms with van der Waals surface area (Å²) in [5.74, 6) is -0.660. The Labute approximate surface area is 127 Å². The normalized spacial score (nSPS) is 17.9. The monoisotopic (exact) mass is 309 g/mol. The average Bonchev–Trinajstić information content (AvgIpc) is 3.00. The van der Waals surface area contributed by atoms with Gasteiger partial charge in [-0.3, -0.25) is 4.79 Å². The van der Waals surface area contributed by atoms with Crippen LogP contribution >= 0.6 is 11.3 Å². The van der Waals surface area contributed by atoms with Gasteiger partial charge in [0.1, 0.15) is 15.4 Å². The molecule has 3 rings (SSSR count). The zero-order valence-electron chi connectivity index (χ0n) is 12.0. The molecule has 0 spiro atoms. The quantitative estimate of drug-likeness (QED) is 0.825. The van der Waals surface area contributed by atoms with Crippen molar-refractivity contribution >= 4 is 33.9 Å². The largest absolute Gasteiger partial charge is 0.465 e. The second-order valence-corrected chi connectivity index (χ2v) is 6.46. The van der Waals surface area contributed by atoms with Gasteiger partial charge in [0.25, 0.3) is 5.91 Å². The lowest BCUT2D eigenvalue weighted by molar-refractivity contribution is 0.0603. The van der Waals surface area contributed by atoms with Crippen molar-refractivity contribution in [2.45, 2.75) is 31.7 Å². The number of carbonyl (C=O) groups excluding carboxylic acids is 2. The molecule has 0 unspecified atom stereocenters. The highest BCUT2D eigenvalue weighted by Crippen LogP contribution is 2.40. The molecule has 7 heteroatoms. The van der Waals surface area contributed by atoms with E-state index in [0.717, 1.165) is 43.8 Å². The number of amides is 1. The van der Waals surface area contributed by atoms with E-state index in [2.05, 4.69) is 10.2 Å². The van der Waals surface area contributed by atoms with Gasteiger partial charge in [0.2, 0.25) is 0 Å². The van der Waals surface area contributed by atoms with E-state index in [4.69, 9.17) is 10.5 Å². The first-order valence-electron chi connectivity index (χ1n) is 7.18. The minimum absolute atomic E-state index is 0.185. The number of rotatable bonds is 4. The number of carbonyl (C=O) groups is 2. The molecule has 114 valence electrons. The molecule has 6 nitrogen and oxygen atoms in total. The van der Waals surface area contributed by atoms with E-state index in [0.29, 0.717) is 10.4 Å². The fourth-order valence-electron chi connectivity index (χ4n) is 2.52. The van der Waals surface area contributed by atoms with Gasteiger partial charge in [-0.25, -0.2) is 4.79 Å². The Kier molecular flexibility index (Phi) is 3.75. The molecule has 1 saturated heterocycles. The SMILES string of the molecule is COC(=O)c1c(N2CCCC2)sc(C(=O)NC2CC2)c1N. The molecular weight excluding hydrogens is 290 g/mol. The predicted molar refractivity (Wildman–Crippen MR) is 82.0 cm³/mol. The lowest BCUT2D eigenvalue weighted by atomic mass is 10.2. The Bertz CT molecular complexity index is 574. The van der Waals surface area contributed by atoms with E-state index in [1.807, 2.05) is 0 Å². The maximum absolute atomic E-state index is 12.3. The molecule has 1 aromatic rings. The molecular formula is C14H19N3O3S. The van der Waals surface area contributed by atoms with Crippen molar-refractivity contribution in [3.63, 3.8) is 0 Å². The number of esters is 1. The van der Waals surface area contributed by atoms with Crippen LogP contribution in [0.4, 0.5) is 10.7 Å². The molecule has 2 aliphatic rings. The van der Waals surface area contributed by atoms with E-state index < -0.39 is 5.97 Å². The first-order chi connectivity index (χ1) is 10.1. The van der Waals surface area contributed by atoms with Gasteiger partial charge in [0, 0.05) is 19.1 Å². The van der Waals surface area contributed by atoms with Gasteiger partial charge in [-0.1, -0.05) is 0 Å². The molecule has 1 aliphatic carbocycles. The van der Waals surface area contributed by atoms with Crippen molar-refractivity contribution in [3.8, 4) is 0 Å². The summed E-state index contributed by atoms with van der Waals surface area (Å²) in [6.45, 7) is 1.77. The van der Waals surface area contributed by atoms with Crippen molar-refractivity contribution in [1.29, 1.82) is 0 Å². The molecule has 1 saturated carbocycles. The lowest BCUT2D eigenvalue weighted by Gasteiger charge is -2.16. The summed E-state index contributed by atoms with van der Waals surface area (Å²) in [5.41, 5.74) is 6.65. The fourth-order valence-corrected chi connectivity index (χ4v) is 3.68. The molecule has 2 heterocycles. The number of nitrogen functional groups attached to an aromatic ring is 1. The Hall–Kier alpha value is -1.76. The molecule has 0 atom stereocenters. The van der Waals surface area contributed by atoms with Crippen LogP contribution in [0, 0.1) is 0 Å². The number of methoxy groups -OCH3 is 1. The van der Waals surface area contributed by atoms with Crippen LogP contribution in [0.1, 0.15) is 45.7 Å². The second kappa shape index (κ2) is 5.55. The summed E-state index contributed by atoms with van der Waals surface area (Å²) in [6, 6.07) is 0.260. The molecule has 1 aliphatic heterocycles. The molecule has 21 heavy (non-hydrogen) atoms. The molecule has 0 radical (unpaired) electrons. The third-order valence-corrected chi connectivity index (χ3v) is 5.09. The van der Waals surface area contributed by atoms with Gasteiger partial charge in [-0.2, -0.15) is 0 Å². The topological polar surface area (TPSA) is 84.7 Å². The molecule has 2 fully saturated rings. The van der Waals surface area contributed by atoms with Crippen LogP contribution in [0.3, 0.4) is 0 Å². The predicted octanol–water partition coefficient (Wildman–Crippen LogP) is 1.61.